The summed E-state index contributed by atoms with van der Waals surface area (Å²) in [6.45, 7) is 5.88. The van der Waals surface area contributed by atoms with Crippen LogP contribution < -0.4 is 5.73 Å². The van der Waals surface area contributed by atoms with E-state index >= 15 is 0 Å². The number of nitrogens with two attached hydrogens (primary N) is 1. The normalized spacial score (nSPS) is 15.6. The number of amides is 1. The number of benzene rings is 1. The number of phenolic OH excluding ortho intramolecular Hbond substituents is 1. The molecule has 1 aromatic rings. The van der Waals surface area contributed by atoms with Crippen molar-refractivity contribution in [2.75, 3.05) is 7.05 Å². The maximum atomic E-state index is 12.3. The number of para-hydroxylation sites is 1. The third-order valence-electron chi connectivity index (χ3n) is 3.86. The van der Waals surface area contributed by atoms with Gasteiger partial charge in [0, 0.05) is 12.6 Å². The van der Waals surface area contributed by atoms with Crippen molar-refractivity contribution in [3.63, 3.8) is 0 Å². The molecule has 0 aliphatic rings. The van der Waals surface area contributed by atoms with Gasteiger partial charge in [-0.1, -0.05) is 38.5 Å². The van der Waals surface area contributed by atoms with Crippen LogP contribution >= 0.6 is 0 Å². The van der Waals surface area contributed by atoms with Crippen LogP contribution in [0.15, 0.2) is 24.3 Å². The van der Waals surface area contributed by atoms with E-state index in [2.05, 4.69) is 0 Å². The molecule has 0 radical (unpaired) electrons. The number of aromatic hydroxyl groups is 1. The van der Waals surface area contributed by atoms with Gasteiger partial charge in [-0.05, 0) is 18.9 Å². The van der Waals surface area contributed by atoms with Gasteiger partial charge in [-0.2, -0.15) is 0 Å². The highest BCUT2D eigenvalue weighted by Gasteiger charge is 2.27. The van der Waals surface area contributed by atoms with E-state index in [-0.39, 0.29) is 23.6 Å². The molecule has 0 aromatic heterocycles. The molecular formula is C15H24N2O2. The molecule has 1 aromatic carbocycles. The first-order valence-corrected chi connectivity index (χ1v) is 6.70. The summed E-state index contributed by atoms with van der Waals surface area (Å²) in [5, 5.41) is 9.84. The van der Waals surface area contributed by atoms with Gasteiger partial charge in [0.25, 0.3) is 0 Å². The van der Waals surface area contributed by atoms with Crippen LogP contribution in [-0.4, -0.2) is 29.0 Å². The summed E-state index contributed by atoms with van der Waals surface area (Å²) in [5.74, 6) is 0.253. The highest BCUT2D eigenvalue weighted by Crippen LogP contribution is 2.27. The zero-order valence-corrected chi connectivity index (χ0v) is 12.1. The number of phenols is 1. The third kappa shape index (κ3) is 3.47. The number of rotatable bonds is 5. The number of carbonyl (C=O) groups excluding carboxylic acids is 1. The molecule has 19 heavy (non-hydrogen) atoms. The largest absolute Gasteiger partial charge is 0.508 e. The Morgan fingerprint density at radius 1 is 1.37 bits per heavy atom. The Kier molecular flexibility index (Phi) is 5.36. The van der Waals surface area contributed by atoms with Gasteiger partial charge >= 0.3 is 0 Å². The van der Waals surface area contributed by atoms with E-state index in [1.54, 1.807) is 24.1 Å². The highest BCUT2D eigenvalue weighted by molar-refractivity contribution is 5.82. The molecular weight excluding hydrogens is 240 g/mol. The number of hydrogen-bond acceptors (Lipinski definition) is 3. The van der Waals surface area contributed by atoms with Crippen molar-refractivity contribution in [3.05, 3.63) is 29.8 Å². The first-order valence-electron chi connectivity index (χ1n) is 6.70. The molecule has 0 spiro atoms. The Morgan fingerprint density at radius 2 is 1.95 bits per heavy atom. The zero-order chi connectivity index (χ0) is 14.6. The summed E-state index contributed by atoms with van der Waals surface area (Å²) in [4.78, 5) is 13.9. The first kappa shape index (κ1) is 15.5. The zero-order valence-electron chi connectivity index (χ0n) is 12.1. The second kappa shape index (κ2) is 6.57. The lowest BCUT2D eigenvalue weighted by Crippen LogP contribution is -2.46. The summed E-state index contributed by atoms with van der Waals surface area (Å²) < 4.78 is 0. The lowest BCUT2D eigenvalue weighted by molar-refractivity contribution is -0.134. The minimum Gasteiger partial charge on any atom is -0.508 e. The maximum absolute atomic E-state index is 12.3. The third-order valence-corrected chi connectivity index (χ3v) is 3.86. The van der Waals surface area contributed by atoms with Crippen molar-refractivity contribution in [2.24, 2.45) is 11.7 Å². The molecule has 0 fully saturated rings. The van der Waals surface area contributed by atoms with E-state index in [1.807, 2.05) is 32.9 Å². The van der Waals surface area contributed by atoms with Gasteiger partial charge in [0.15, 0.2) is 0 Å². The molecule has 4 heteroatoms. The Labute approximate surface area is 115 Å². The SMILES string of the molecule is CC[C@H](C)[C@H](N)C(=O)N(C)C(C)c1ccccc1O. The van der Waals surface area contributed by atoms with E-state index in [0.717, 1.165) is 12.0 Å². The predicted molar refractivity (Wildman–Crippen MR) is 76.7 cm³/mol. The van der Waals surface area contributed by atoms with Gasteiger partial charge < -0.3 is 15.7 Å². The minimum absolute atomic E-state index is 0.0925. The maximum Gasteiger partial charge on any atom is 0.240 e. The fraction of sp³-hybridized carbons (Fsp3) is 0.533. The van der Waals surface area contributed by atoms with Gasteiger partial charge in [0.05, 0.1) is 12.1 Å². The highest BCUT2D eigenvalue weighted by atomic mass is 16.3. The Bertz CT molecular complexity index is 434. The summed E-state index contributed by atoms with van der Waals surface area (Å²) in [7, 11) is 1.72. The molecule has 3 atom stereocenters. The van der Waals surface area contributed by atoms with Crippen LogP contribution in [0, 0.1) is 5.92 Å². The predicted octanol–water partition coefficient (Wildman–Crippen LogP) is 2.29. The van der Waals surface area contributed by atoms with E-state index in [4.69, 9.17) is 5.73 Å². The lowest BCUT2D eigenvalue weighted by Gasteiger charge is -2.30. The second-order valence-electron chi connectivity index (χ2n) is 5.10. The van der Waals surface area contributed by atoms with Crippen LogP contribution in [0.3, 0.4) is 0 Å². The van der Waals surface area contributed by atoms with E-state index < -0.39 is 6.04 Å². The number of likely N-dealkylation sites (N-methyl/N-ethyl adjacent to an activating group) is 1. The van der Waals surface area contributed by atoms with Crippen LogP contribution in [-0.2, 0) is 4.79 Å². The van der Waals surface area contributed by atoms with Gasteiger partial charge in [0.1, 0.15) is 5.75 Å². The molecule has 1 unspecified atom stereocenters. The molecule has 106 valence electrons. The van der Waals surface area contributed by atoms with E-state index in [1.165, 1.54) is 0 Å². The quantitative estimate of drug-likeness (QED) is 0.857. The van der Waals surface area contributed by atoms with Crippen molar-refractivity contribution in [1.29, 1.82) is 0 Å². The second-order valence-corrected chi connectivity index (χ2v) is 5.10. The monoisotopic (exact) mass is 264 g/mol. The van der Waals surface area contributed by atoms with Gasteiger partial charge in [-0.3, -0.25) is 4.79 Å². The number of carbonyl (C=O) groups is 1. The number of hydrogen-bond donors (Lipinski definition) is 2. The molecule has 1 rings (SSSR count). The van der Waals surface area contributed by atoms with Gasteiger partial charge in [0.2, 0.25) is 5.91 Å². The Hall–Kier alpha value is -1.55. The molecule has 0 bridgehead atoms. The molecule has 0 saturated carbocycles. The molecule has 3 N–H and O–H groups in total. The molecule has 0 aliphatic carbocycles. The van der Waals surface area contributed by atoms with E-state index in [9.17, 15) is 9.90 Å². The van der Waals surface area contributed by atoms with Gasteiger partial charge in [-0.25, -0.2) is 0 Å². The molecule has 0 saturated heterocycles. The van der Waals surface area contributed by atoms with Crippen LogP contribution in [0.25, 0.3) is 0 Å². The minimum atomic E-state index is -0.497. The molecule has 1 amide bonds. The summed E-state index contributed by atoms with van der Waals surface area (Å²) in [6.07, 6.45) is 0.867. The average Bonchev–Trinajstić information content (AvgIpc) is 2.43. The molecule has 4 nitrogen and oxygen atoms in total. The van der Waals surface area contributed by atoms with Crippen molar-refractivity contribution >= 4 is 5.91 Å². The number of nitrogens with zero attached hydrogens (tertiary/aromatic N) is 1. The van der Waals surface area contributed by atoms with Crippen LogP contribution in [0.1, 0.15) is 38.8 Å². The Morgan fingerprint density at radius 3 is 2.47 bits per heavy atom. The van der Waals surface area contributed by atoms with Crippen molar-refractivity contribution in [1.82, 2.24) is 4.90 Å². The van der Waals surface area contributed by atoms with Crippen LogP contribution in [0.5, 0.6) is 5.75 Å². The fourth-order valence-electron chi connectivity index (χ4n) is 1.97. The smallest absolute Gasteiger partial charge is 0.240 e. The first-order chi connectivity index (χ1) is 8.90. The van der Waals surface area contributed by atoms with Crippen LogP contribution in [0.4, 0.5) is 0 Å². The fourth-order valence-corrected chi connectivity index (χ4v) is 1.97. The standard InChI is InChI=1S/C15H24N2O2/c1-5-10(2)14(16)15(19)17(4)11(3)12-8-6-7-9-13(12)18/h6-11,14,18H,5,16H2,1-4H3/t10-,11?,14-/m0/s1. The van der Waals surface area contributed by atoms with E-state index in [0.29, 0.717) is 0 Å². The van der Waals surface area contributed by atoms with Crippen LogP contribution in [0.2, 0.25) is 0 Å². The van der Waals surface area contributed by atoms with Crippen molar-refractivity contribution in [3.8, 4) is 5.75 Å². The van der Waals surface area contributed by atoms with Crippen molar-refractivity contribution in [2.45, 2.75) is 39.3 Å². The summed E-state index contributed by atoms with van der Waals surface area (Å²) >= 11 is 0. The van der Waals surface area contributed by atoms with Crippen molar-refractivity contribution < 1.29 is 9.90 Å². The molecule has 0 aliphatic heterocycles. The average molecular weight is 264 g/mol. The Balaban J connectivity index is 2.85. The topological polar surface area (TPSA) is 66.6 Å². The van der Waals surface area contributed by atoms with Gasteiger partial charge in [-0.15, -0.1) is 0 Å². The summed E-state index contributed by atoms with van der Waals surface area (Å²) in [6, 6.07) is 6.35. The lowest BCUT2D eigenvalue weighted by atomic mass is 9.97. The molecule has 0 heterocycles. The summed E-state index contributed by atoms with van der Waals surface area (Å²) in [5.41, 5.74) is 6.70.